The zero-order valence-electron chi connectivity index (χ0n) is 11.8. The van der Waals surface area contributed by atoms with Gasteiger partial charge in [0.1, 0.15) is 5.82 Å². The number of hydrogen-bond acceptors (Lipinski definition) is 2. The minimum absolute atomic E-state index is 0.0192. The van der Waals surface area contributed by atoms with Crippen molar-refractivity contribution in [3.05, 3.63) is 64.4 Å². The SMILES string of the molecule is CCc1ccc(C(=O)NC(=S)Nc2ccc(F)c(Cl)c2)cc1. The second kappa shape index (κ2) is 7.33. The van der Waals surface area contributed by atoms with Gasteiger partial charge in [-0.05, 0) is 54.5 Å². The number of hydrogen-bond donors (Lipinski definition) is 2. The smallest absolute Gasteiger partial charge is 0.257 e. The minimum atomic E-state index is -0.516. The van der Waals surface area contributed by atoms with Crippen LogP contribution in [0.2, 0.25) is 5.02 Å². The Balaban J connectivity index is 1.98. The molecule has 0 fully saturated rings. The maximum atomic E-state index is 13.1. The van der Waals surface area contributed by atoms with Crippen molar-refractivity contribution in [1.29, 1.82) is 0 Å². The van der Waals surface area contributed by atoms with Crippen molar-refractivity contribution in [2.24, 2.45) is 0 Å². The highest BCUT2D eigenvalue weighted by Gasteiger charge is 2.08. The van der Waals surface area contributed by atoms with Gasteiger partial charge in [-0.2, -0.15) is 0 Å². The quantitative estimate of drug-likeness (QED) is 0.827. The second-order valence-electron chi connectivity index (χ2n) is 4.59. The fourth-order valence-electron chi connectivity index (χ4n) is 1.80. The molecule has 0 heterocycles. The van der Waals surface area contributed by atoms with Crippen molar-refractivity contribution < 1.29 is 9.18 Å². The molecule has 0 aliphatic rings. The van der Waals surface area contributed by atoms with Crippen molar-refractivity contribution in [3.63, 3.8) is 0 Å². The molecule has 0 saturated carbocycles. The van der Waals surface area contributed by atoms with Crippen LogP contribution in [0, 0.1) is 5.82 Å². The maximum absolute atomic E-state index is 13.1. The van der Waals surface area contributed by atoms with Gasteiger partial charge in [0, 0.05) is 11.3 Å². The summed E-state index contributed by atoms with van der Waals surface area (Å²) in [5.74, 6) is -0.827. The Bertz CT molecular complexity index is 704. The normalized spacial score (nSPS) is 10.1. The molecule has 0 aliphatic carbocycles. The summed E-state index contributed by atoms with van der Waals surface area (Å²) in [6.45, 7) is 2.04. The highest BCUT2D eigenvalue weighted by molar-refractivity contribution is 7.80. The van der Waals surface area contributed by atoms with Crippen LogP contribution in [0.1, 0.15) is 22.8 Å². The first-order valence-corrected chi connectivity index (χ1v) is 7.44. The van der Waals surface area contributed by atoms with Gasteiger partial charge >= 0.3 is 0 Å². The predicted octanol–water partition coefficient (Wildman–Crippen LogP) is 4.17. The zero-order valence-corrected chi connectivity index (χ0v) is 13.4. The van der Waals surface area contributed by atoms with E-state index >= 15 is 0 Å². The van der Waals surface area contributed by atoms with Crippen LogP contribution in [-0.4, -0.2) is 11.0 Å². The van der Waals surface area contributed by atoms with Crippen LogP contribution < -0.4 is 10.6 Å². The van der Waals surface area contributed by atoms with Gasteiger partial charge in [0.05, 0.1) is 5.02 Å². The molecule has 1 amide bonds. The van der Waals surface area contributed by atoms with Crippen molar-refractivity contribution in [2.75, 3.05) is 5.32 Å². The standard InChI is InChI=1S/C16H14ClFN2OS/c1-2-10-3-5-11(6-4-10)15(21)20-16(22)19-12-7-8-14(18)13(17)9-12/h3-9H,2H2,1H3,(H2,19,20,21,22). The highest BCUT2D eigenvalue weighted by atomic mass is 35.5. The summed E-state index contributed by atoms with van der Waals surface area (Å²) in [6.07, 6.45) is 0.910. The summed E-state index contributed by atoms with van der Waals surface area (Å²) in [5.41, 5.74) is 2.16. The Hall–Kier alpha value is -1.98. The Labute approximate surface area is 138 Å². The van der Waals surface area contributed by atoms with E-state index in [9.17, 15) is 9.18 Å². The monoisotopic (exact) mass is 336 g/mol. The molecule has 0 aliphatic heterocycles. The molecule has 0 aromatic heterocycles. The number of nitrogens with one attached hydrogen (secondary N) is 2. The molecule has 0 spiro atoms. The fourth-order valence-corrected chi connectivity index (χ4v) is 2.19. The van der Waals surface area contributed by atoms with Crippen molar-refractivity contribution in [3.8, 4) is 0 Å². The molecule has 0 saturated heterocycles. The molecule has 2 aromatic rings. The summed E-state index contributed by atoms with van der Waals surface area (Å²) in [4.78, 5) is 12.0. The van der Waals surface area contributed by atoms with Crippen molar-refractivity contribution in [2.45, 2.75) is 13.3 Å². The van der Waals surface area contributed by atoms with E-state index in [1.54, 1.807) is 12.1 Å². The average molecular weight is 337 g/mol. The lowest BCUT2D eigenvalue weighted by atomic mass is 10.1. The number of aryl methyl sites for hydroxylation is 1. The van der Waals surface area contributed by atoms with Crippen LogP contribution in [0.4, 0.5) is 10.1 Å². The molecule has 2 aromatic carbocycles. The summed E-state index contributed by atoms with van der Waals surface area (Å²) >= 11 is 10.7. The van der Waals surface area contributed by atoms with E-state index in [2.05, 4.69) is 10.6 Å². The van der Waals surface area contributed by atoms with Crippen LogP contribution in [0.3, 0.4) is 0 Å². The van der Waals surface area contributed by atoms with Crippen LogP contribution >= 0.6 is 23.8 Å². The lowest BCUT2D eigenvalue weighted by molar-refractivity contribution is 0.0977. The zero-order chi connectivity index (χ0) is 16.1. The first kappa shape index (κ1) is 16.4. The van der Waals surface area contributed by atoms with Gasteiger partial charge in [-0.25, -0.2) is 4.39 Å². The van der Waals surface area contributed by atoms with Crippen LogP contribution in [0.5, 0.6) is 0 Å². The fraction of sp³-hybridized carbons (Fsp3) is 0.125. The molecule has 22 heavy (non-hydrogen) atoms. The molecule has 2 N–H and O–H groups in total. The Kier molecular flexibility index (Phi) is 5.46. The molecule has 3 nitrogen and oxygen atoms in total. The topological polar surface area (TPSA) is 41.1 Å². The number of halogens is 2. The molecule has 0 unspecified atom stereocenters. The number of anilines is 1. The van der Waals surface area contributed by atoms with Crippen molar-refractivity contribution in [1.82, 2.24) is 5.32 Å². The van der Waals surface area contributed by atoms with Gasteiger partial charge in [-0.15, -0.1) is 0 Å². The van der Waals surface area contributed by atoms with Gasteiger partial charge in [-0.3, -0.25) is 10.1 Å². The Morgan fingerprint density at radius 3 is 2.50 bits per heavy atom. The number of rotatable bonds is 3. The number of carbonyl (C=O) groups excluding carboxylic acids is 1. The number of thiocarbonyl (C=S) groups is 1. The van der Waals surface area contributed by atoms with Gasteiger partial charge < -0.3 is 5.32 Å². The van der Waals surface area contributed by atoms with E-state index in [1.807, 2.05) is 19.1 Å². The first-order valence-electron chi connectivity index (χ1n) is 6.66. The minimum Gasteiger partial charge on any atom is -0.332 e. The van der Waals surface area contributed by atoms with E-state index in [-0.39, 0.29) is 16.0 Å². The third-order valence-electron chi connectivity index (χ3n) is 3.03. The van der Waals surface area contributed by atoms with Gasteiger partial charge in [-0.1, -0.05) is 30.7 Å². The molecule has 0 atom stereocenters. The lowest BCUT2D eigenvalue weighted by Gasteiger charge is -2.10. The Morgan fingerprint density at radius 1 is 1.23 bits per heavy atom. The number of benzene rings is 2. The lowest BCUT2D eigenvalue weighted by Crippen LogP contribution is -2.34. The third kappa shape index (κ3) is 4.26. The molecule has 6 heteroatoms. The first-order chi connectivity index (χ1) is 10.5. The van der Waals surface area contributed by atoms with Crippen molar-refractivity contribution >= 4 is 40.5 Å². The molecule has 114 valence electrons. The van der Waals surface area contributed by atoms with Crippen LogP contribution in [-0.2, 0) is 6.42 Å². The molecular weight excluding hydrogens is 323 g/mol. The summed E-state index contributed by atoms with van der Waals surface area (Å²) in [6, 6.07) is 11.4. The van der Waals surface area contributed by atoms with Gasteiger partial charge in [0.15, 0.2) is 5.11 Å². The van der Waals surface area contributed by atoms with Crippen LogP contribution in [0.15, 0.2) is 42.5 Å². The summed E-state index contributed by atoms with van der Waals surface area (Å²) in [5, 5.41) is 5.44. The molecule has 0 bridgehead atoms. The maximum Gasteiger partial charge on any atom is 0.257 e. The second-order valence-corrected chi connectivity index (χ2v) is 5.40. The van der Waals surface area contributed by atoms with E-state index in [0.29, 0.717) is 11.3 Å². The highest BCUT2D eigenvalue weighted by Crippen LogP contribution is 2.19. The summed E-state index contributed by atoms with van der Waals surface area (Å²) < 4.78 is 13.1. The van der Waals surface area contributed by atoms with E-state index in [1.165, 1.54) is 18.2 Å². The summed E-state index contributed by atoms with van der Waals surface area (Å²) in [7, 11) is 0. The van der Waals surface area contributed by atoms with Gasteiger partial charge in [0.25, 0.3) is 5.91 Å². The van der Waals surface area contributed by atoms with Gasteiger partial charge in [0.2, 0.25) is 0 Å². The number of amides is 1. The van der Waals surface area contributed by atoms with E-state index in [0.717, 1.165) is 12.0 Å². The largest absolute Gasteiger partial charge is 0.332 e. The molecular formula is C16H14ClFN2OS. The molecule has 0 radical (unpaired) electrons. The van der Waals surface area contributed by atoms with Crippen LogP contribution in [0.25, 0.3) is 0 Å². The molecule has 2 rings (SSSR count). The average Bonchev–Trinajstić information content (AvgIpc) is 2.51. The Morgan fingerprint density at radius 2 is 1.91 bits per heavy atom. The van der Waals surface area contributed by atoms with E-state index in [4.69, 9.17) is 23.8 Å². The predicted molar refractivity (Wildman–Crippen MR) is 90.9 cm³/mol. The third-order valence-corrected chi connectivity index (χ3v) is 3.52. The van der Waals surface area contributed by atoms with E-state index < -0.39 is 5.82 Å². The number of carbonyl (C=O) groups is 1.